The molecule has 0 aromatic rings. The highest BCUT2D eigenvalue weighted by molar-refractivity contribution is 5.95. The molecule has 0 aromatic heterocycles. The van der Waals surface area contributed by atoms with Gasteiger partial charge in [-0.15, -0.1) is 0 Å². The number of carbonyl (C=O) groups excluding carboxylic acids is 2. The van der Waals surface area contributed by atoms with E-state index in [2.05, 4.69) is 0 Å². The third-order valence-corrected chi connectivity index (χ3v) is 3.72. The largest absolute Gasteiger partial charge is 0.395 e. The first-order valence-corrected chi connectivity index (χ1v) is 6.63. The lowest BCUT2D eigenvalue weighted by Gasteiger charge is -2.30. The summed E-state index contributed by atoms with van der Waals surface area (Å²) in [5, 5.41) is 0. The maximum atomic E-state index is 13.8. The van der Waals surface area contributed by atoms with Gasteiger partial charge in [-0.3, -0.25) is 9.59 Å². The van der Waals surface area contributed by atoms with Crippen molar-refractivity contribution in [1.82, 2.24) is 9.80 Å². The van der Waals surface area contributed by atoms with E-state index in [1.807, 2.05) is 0 Å². The molecule has 20 heavy (non-hydrogen) atoms. The number of hydrogen-bond acceptors (Lipinski definition) is 2. The topological polar surface area (TPSA) is 40.6 Å². The van der Waals surface area contributed by atoms with Crippen molar-refractivity contribution in [2.45, 2.75) is 37.5 Å². The van der Waals surface area contributed by atoms with Crippen LogP contribution in [0.5, 0.6) is 0 Å². The van der Waals surface area contributed by atoms with Gasteiger partial charge in [0.1, 0.15) is 0 Å². The number of rotatable bonds is 3. The van der Waals surface area contributed by atoms with Gasteiger partial charge in [0.25, 0.3) is 11.8 Å². The summed E-state index contributed by atoms with van der Waals surface area (Å²) in [5.74, 6) is -13.9. The van der Waals surface area contributed by atoms with Crippen LogP contribution in [0.3, 0.4) is 0 Å². The van der Waals surface area contributed by atoms with Gasteiger partial charge in [0.15, 0.2) is 0 Å². The molecule has 0 N–H and O–H groups in total. The Balaban J connectivity index is 2.16. The second kappa shape index (κ2) is 5.21. The summed E-state index contributed by atoms with van der Waals surface area (Å²) in [4.78, 5) is 24.5. The molecule has 4 nitrogen and oxygen atoms in total. The van der Waals surface area contributed by atoms with Crippen molar-refractivity contribution in [3.05, 3.63) is 0 Å². The zero-order valence-corrected chi connectivity index (χ0v) is 10.9. The number of halogens is 4. The van der Waals surface area contributed by atoms with E-state index in [4.69, 9.17) is 0 Å². The summed E-state index contributed by atoms with van der Waals surface area (Å²) < 4.78 is 55.0. The molecular weight excluding hydrogens is 280 g/mol. The van der Waals surface area contributed by atoms with Gasteiger partial charge in [-0.25, -0.2) is 0 Å². The predicted molar refractivity (Wildman–Crippen MR) is 61.5 cm³/mol. The van der Waals surface area contributed by atoms with Gasteiger partial charge in [0.05, 0.1) is 0 Å². The number of carbonyl (C=O) groups is 2. The molecule has 2 saturated heterocycles. The van der Waals surface area contributed by atoms with E-state index >= 15 is 0 Å². The number of likely N-dealkylation sites (tertiary alicyclic amines) is 2. The van der Waals surface area contributed by atoms with Crippen molar-refractivity contribution in [1.29, 1.82) is 0 Å². The lowest BCUT2D eigenvalue weighted by molar-refractivity contribution is -0.222. The van der Waals surface area contributed by atoms with Crippen molar-refractivity contribution in [3.63, 3.8) is 0 Å². The fourth-order valence-corrected chi connectivity index (χ4v) is 2.51. The van der Waals surface area contributed by atoms with Crippen LogP contribution in [0.15, 0.2) is 0 Å². The number of hydrogen-bond donors (Lipinski definition) is 0. The number of amides is 2. The average molecular weight is 296 g/mol. The first-order chi connectivity index (χ1) is 9.28. The van der Waals surface area contributed by atoms with Crippen LogP contribution in [0.1, 0.15) is 25.7 Å². The zero-order valence-electron chi connectivity index (χ0n) is 10.9. The van der Waals surface area contributed by atoms with Crippen molar-refractivity contribution in [2.24, 2.45) is 0 Å². The van der Waals surface area contributed by atoms with Crippen LogP contribution in [0.4, 0.5) is 17.6 Å². The molecule has 0 unspecified atom stereocenters. The second-order valence-corrected chi connectivity index (χ2v) is 5.15. The zero-order chi connectivity index (χ0) is 15.0. The Morgan fingerprint density at radius 2 is 0.900 bits per heavy atom. The van der Waals surface area contributed by atoms with Gasteiger partial charge in [-0.2, -0.15) is 17.6 Å². The quantitative estimate of drug-likeness (QED) is 0.741. The van der Waals surface area contributed by atoms with Gasteiger partial charge in [-0.1, -0.05) is 0 Å². The Morgan fingerprint density at radius 3 is 1.15 bits per heavy atom. The highest BCUT2D eigenvalue weighted by atomic mass is 19.3. The van der Waals surface area contributed by atoms with E-state index in [1.54, 1.807) is 0 Å². The van der Waals surface area contributed by atoms with Crippen molar-refractivity contribution in [2.75, 3.05) is 26.2 Å². The summed E-state index contributed by atoms with van der Waals surface area (Å²) in [5.41, 5.74) is 0. The molecule has 0 spiro atoms. The Kier molecular flexibility index (Phi) is 3.93. The van der Waals surface area contributed by atoms with Gasteiger partial charge < -0.3 is 9.80 Å². The summed E-state index contributed by atoms with van der Waals surface area (Å²) >= 11 is 0. The van der Waals surface area contributed by atoms with E-state index < -0.39 is 23.7 Å². The average Bonchev–Trinajstić information content (AvgIpc) is 3.09. The summed E-state index contributed by atoms with van der Waals surface area (Å²) in [6.45, 7) is 0.121. The molecule has 0 aromatic carbocycles. The van der Waals surface area contributed by atoms with Crippen LogP contribution in [-0.2, 0) is 9.59 Å². The molecule has 0 saturated carbocycles. The Bertz CT molecular complexity index is 364. The fourth-order valence-electron chi connectivity index (χ4n) is 2.51. The Morgan fingerprint density at radius 1 is 0.650 bits per heavy atom. The highest BCUT2D eigenvalue weighted by Crippen LogP contribution is 2.38. The van der Waals surface area contributed by atoms with Crippen molar-refractivity contribution >= 4 is 11.8 Å². The monoisotopic (exact) mass is 296 g/mol. The molecule has 2 fully saturated rings. The third-order valence-electron chi connectivity index (χ3n) is 3.72. The van der Waals surface area contributed by atoms with E-state index in [-0.39, 0.29) is 26.2 Å². The second-order valence-electron chi connectivity index (χ2n) is 5.15. The lowest BCUT2D eigenvalue weighted by Crippen LogP contribution is -2.60. The number of nitrogens with zero attached hydrogens (tertiary/aromatic N) is 2. The molecule has 0 radical (unpaired) electrons. The van der Waals surface area contributed by atoms with Crippen LogP contribution in [0.2, 0.25) is 0 Å². The summed E-state index contributed by atoms with van der Waals surface area (Å²) in [6.07, 6.45) is 2.03. The van der Waals surface area contributed by atoms with Crippen LogP contribution in [-0.4, -0.2) is 59.6 Å². The molecule has 0 atom stereocenters. The van der Waals surface area contributed by atoms with Crippen molar-refractivity contribution < 1.29 is 27.2 Å². The van der Waals surface area contributed by atoms with Crippen LogP contribution >= 0.6 is 0 Å². The number of alkyl halides is 4. The summed E-state index contributed by atoms with van der Waals surface area (Å²) in [6, 6.07) is 0. The molecular formula is C12H16F4N2O2. The maximum Gasteiger partial charge on any atom is 0.395 e. The first-order valence-electron chi connectivity index (χ1n) is 6.63. The predicted octanol–water partition coefficient (Wildman–Crippen LogP) is 1.50. The van der Waals surface area contributed by atoms with Gasteiger partial charge >= 0.3 is 11.8 Å². The van der Waals surface area contributed by atoms with Crippen LogP contribution in [0, 0.1) is 0 Å². The molecule has 8 heteroatoms. The normalized spacial score (nSPS) is 20.6. The van der Waals surface area contributed by atoms with Gasteiger partial charge in [0.2, 0.25) is 0 Å². The summed E-state index contributed by atoms with van der Waals surface area (Å²) in [7, 11) is 0. The van der Waals surface area contributed by atoms with E-state index in [9.17, 15) is 27.2 Å². The maximum absolute atomic E-state index is 13.8. The third kappa shape index (κ3) is 2.35. The molecule has 2 amide bonds. The minimum atomic E-state index is -4.99. The van der Waals surface area contributed by atoms with Crippen molar-refractivity contribution in [3.8, 4) is 0 Å². The molecule has 2 aliphatic rings. The molecule has 2 rings (SSSR count). The Hall–Kier alpha value is -1.34. The Labute approximate surface area is 113 Å². The van der Waals surface area contributed by atoms with E-state index in [0.29, 0.717) is 35.5 Å². The first kappa shape index (κ1) is 15.1. The van der Waals surface area contributed by atoms with Gasteiger partial charge in [-0.05, 0) is 25.7 Å². The lowest BCUT2D eigenvalue weighted by atomic mass is 10.1. The molecule has 0 bridgehead atoms. The fraction of sp³-hybridized carbons (Fsp3) is 0.833. The van der Waals surface area contributed by atoms with E-state index in [0.717, 1.165) is 0 Å². The molecule has 2 aliphatic heterocycles. The van der Waals surface area contributed by atoms with Gasteiger partial charge in [0, 0.05) is 26.2 Å². The minimum Gasteiger partial charge on any atom is -0.337 e. The highest BCUT2D eigenvalue weighted by Gasteiger charge is 2.68. The van der Waals surface area contributed by atoms with E-state index in [1.165, 1.54) is 0 Å². The van der Waals surface area contributed by atoms with Crippen LogP contribution < -0.4 is 0 Å². The molecule has 0 aliphatic carbocycles. The SMILES string of the molecule is O=C(N1CCCC1)C(F)(F)C(F)(F)C(=O)N1CCCC1. The van der Waals surface area contributed by atoms with Crippen LogP contribution in [0.25, 0.3) is 0 Å². The minimum absolute atomic E-state index is 0.0302. The standard InChI is InChI=1S/C12H16F4N2O2/c13-11(14,9(19)17-5-1-2-6-17)12(15,16)10(20)18-7-3-4-8-18/h1-8H2. The smallest absolute Gasteiger partial charge is 0.337 e. The molecule has 2 heterocycles. The molecule has 114 valence electrons.